The number of hydrogen-bond donors (Lipinski definition) is 1. The summed E-state index contributed by atoms with van der Waals surface area (Å²) in [6.45, 7) is 6.51. The van der Waals surface area contributed by atoms with Crippen LogP contribution in [0.1, 0.15) is 37.9 Å². The maximum Gasteiger partial charge on any atom is 0.312 e. The summed E-state index contributed by atoms with van der Waals surface area (Å²) < 4.78 is 7.70. The van der Waals surface area contributed by atoms with E-state index in [0.717, 1.165) is 22.1 Å². The predicted octanol–water partition coefficient (Wildman–Crippen LogP) is 4.64. The summed E-state index contributed by atoms with van der Waals surface area (Å²) in [6.07, 6.45) is 1.52. The number of likely N-dealkylation sites (N-methyl/N-ethyl adjacent to an activating group) is 1. The van der Waals surface area contributed by atoms with Gasteiger partial charge in [0.15, 0.2) is 4.80 Å². The van der Waals surface area contributed by atoms with Gasteiger partial charge in [0.05, 0.1) is 32.3 Å². The normalized spacial score (nSPS) is 15.0. The summed E-state index contributed by atoms with van der Waals surface area (Å²) in [6, 6.07) is 13.3. The number of nitro groups is 1. The monoisotopic (exact) mass is 650 g/mol. The molecule has 1 aliphatic rings. The standard InChI is InChI=1S/C30H27BrN4O6S/c1-5-33(6-2)29(38)24-16(3)32-30-34(26(24)25-19-10-8-7-9-18(19)11-12-22(25)41-4)28(37)23(42-30)15-17-13-20(31)27(36)21(14-17)35(39)40/h7-15,26,36H,5-6H2,1-4H3/b23-15+/t26-/m0/s1. The van der Waals surface area contributed by atoms with Gasteiger partial charge in [-0.05, 0) is 71.2 Å². The lowest BCUT2D eigenvalue weighted by atomic mass is 9.90. The molecular formula is C30H27BrN4O6S. The minimum atomic E-state index is -0.849. The van der Waals surface area contributed by atoms with Gasteiger partial charge >= 0.3 is 5.69 Å². The van der Waals surface area contributed by atoms with Gasteiger partial charge in [-0.2, -0.15) is 0 Å². The second-order valence-corrected chi connectivity index (χ2v) is 11.5. The van der Waals surface area contributed by atoms with E-state index < -0.39 is 28.0 Å². The highest BCUT2D eigenvalue weighted by atomic mass is 79.9. The number of thiazole rings is 1. The van der Waals surface area contributed by atoms with Crippen LogP contribution in [0.2, 0.25) is 0 Å². The fourth-order valence-corrected chi connectivity index (χ4v) is 6.78. The van der Waals surface area contributed by atoms with E-state index in [1.807, 2.05) is 50.2 Å². The lowest BCUT2D eigenvalue weighted by Gasteiger charge is -2.30. The molecule has 42 heavy (non-hydrogen) atoms. The molecule has 1 aliphatic heterocycles. The van der Waals surface area contributed by atoms with Crippen molar-refractivity contribution in [2.24, 2.45) is 4.99 Å². The summed E-state index contributed by atoms with van der Waals surface area (Å²) in [5.74, 6) is -0.212. The maximum absolute atomic E-state index is 14.2. The van der Waals surface area contributed by atoms with E-state index in [1.165, 1.54) is 22.8 Å². The number of rotatable bonds is 7. The number of amides is 1. The van der Waals surface area contributed by atoms with Gasteiger partial charge in [-0.15, -0.1) is 0 Å². The van der Waals surface area contributed by atoms with Crippen LogP contribution in [0.4, 0.5) is 5.69 Å². The van der Waals surface area contributed by atoms with Crippen LogP contribution in [0.3, 0.4) is 0 Å². The molecular weight excluding hydrogens is 624 g/mol. The number of aromatic hydroxyl groups is 1. The Labute approximate surface area is 252 Å². The van der Waals surface area contributed by atoms with Crippen LogP contribution in [0.25, 0.3) is 16.8 Å². The number of methoxy groups -OCH3 is 1. The SMILES string of the molecule is CCN(CC)C(=O)C1=C(C)N=c2s/c(=C/c3cc(Br)c(O)c([N+](=O)[O-])c3)c(=O)n2[C@@H]1c1c(OC)ccc2ccccc12. The second-order valence-electron chi connectivity index (χ2n) is 9.59. The molecule has 2 heterocycles. The van der Waals surface area contributed by atoms with Crippen molar-refractivity contribution >= 4 is 55.7 Å². The highest BCUT2D eigenvalue weighted by molar-refractivity contribution is 9.10. The van der Waals surface area contributed by atoms with Crippen LogP contribution in [-0.2, 0) is 4.79 Å². The molecule has 4 aromatic rings. The van der Waals surface area contributed by atoms with E-state index >= 15 is 0 Å². The van der Waals surface area contributed by atoms with Gasteiger partial charge < -0.3 is 14.7 Å². The molecule has 0 saturated carbocycles. The van der Waals surface area contributed by atoms with Crippen molar-refractivity contribution in [2.75, 3.05) is 20.2 Å². The van der Waals surface area contributed by atoms with Crippen molar-refractivity contribution in [1.82, 2.24) is 9.47 Å². The van der Waals surface area contributed by atoms with E-state index in [-0.39, 0.29) is 14.9 Å². The fraction of sp³-hybridized carbons (Fsp3) is 0.233. The zero-order valence-electron chi connectivity index (χ0n) is 23.3. The molecule has 1 aromatic heterocycles. The van der Waals surface area contributed by atoms with E-state index in [9.17, 15) is 24.8 Å². The van der Waals surface area contributed by atoms with E-state index in [0.29, 0.717) is 46.0 Å². The minimum Gasteiger partial charge on any atom is -0.501 e. The Balaban J connectivity index is 1.85. The Morgan fingerprint density at radius 1 is 1.24 bits per heavy atom. The number of aromatic nitrogens is 1. The molecule has 0 spiro atoms. The number of benzene rings is 3. The quantitative estimate of drug-likeness (QED) is 0.229. The van der Waals surface area contributed by atoms with Crippen molar-refractivity contribution in [3.63, 3.8) is 0 Å². The zero-order valence-corrected chi connectivity index (χ0v) is 25.7. The van der Waals surface area contributed by atoms with Crippen molar-refractivity contribution < 1.29 is 19.6 Å². The van der Waals surface area contributed by atoms with Crippen molar-refractivity contribution in [1.29, 1.82) is 0 Å². The molecule has 0 aliphatic carbocycles. The van der Waals surface area contributed by atoms with Gasteiger partial charge in [0, 0.05) is 24.7 Å². The largest absolute Gasteiger partial charge is 0.501 e. The van der Waals surface area contributed by atoms with Crippen molar-refractivity contribution in [3.8, 4) is 11.5 Å². The Hall–Kier alpha value is -4.29. The third-order valence-electron chi connectivity index (χ3n) is 7.29. The summed E-state index contributed by atoms with van der Waals surface area (Å²) in [5.41, 5.74) is 0.952. The van der Waals surface area contributed by atoms with Crippen LogP contribution in [0.15, 0.2) is 74.1 Å². The lowest BCUT2D eigenvalue weighted by Crippen LogP contribution is -2.43. The first-order valence-electron chi connectivity index (χ1n) is 13.2. The molecule has 0 unspecified atom stereocenters. The maximum atomic E-state index is 14.2. The smallest absolute Gasteiger partial charge is 0.312 e. The van der Waals surface area contributed by atoms with Crippen molar-refractivity contribution in [3.05, 3.63) is 105 Å². The average Bonchev–Trinajstić information content (AvgIpc) is 3.27. The van der Waals surface area contributed by atoms with Gasteiger partial charge in [0.25, 0.3) is 11.5 Å². The van der Waals surface area contributed by atoms with Crippen LogP contribution in [0.5, 0.6) is 11.5 Å². The number of phenolic OH excluding ortho intramolecular Hbond substituents is 1. The van der Waals surface area contributed by atoms with Gasteiger partial charge in [-0.1, -0.05) is 41.7 Å². The highest BCUT2D eigenvalue weighted by Gasteiger charge is 2.36. The molecule has 0 radical (unpaired) electrons. The molecule has 0 saturated heterocycles. The molecule has 1 N–H and O–H groups in total. The third-order valence-corrected chi connectivity index (χ3v) is 8.87. The van der Waals surface area contributed by atoms with Gasteiger partial charge in [0.1, 0.15) is 11.8 Å². The summed E-state index contributed by atoms with van der Waals surface area (Å²) >= 11 is 4.27. The minimum absolute atomic E-state index is 0.122. The zero-order chi connectivity index (χ0) is 30.3. The summed E-state index contributed by atoms with van der Waals surface area (Å²) in [5, 5.41) is 23.3. The van der Waals surface area contributed by atoms with Gasteiger partial charge in [-0.25, -0.2) is 4.99 Å². The Bertz CT molecular complexity index is 1980. The first-order chi connectivity index (χ1) is 20.1. The van der Waals surface area contributed by atoms with Gasteiger partial charge in [0.2, 0.25) is 5.75 Å². The number of halogens is 1. The molecule has 3 aromatic carbocycles. The number of carbonyl (C=O) groups is 1. The fourth-order valence-electron chi connectivity index (χ4n) is 5.26. The highest BCUT2D eigenvalue weighted by Crippen LogP contribution is 2.40. The average molecular weight is 652 g/mol. The molecule has 0 fully saturated rings. The Morgan fingerprint density at radius 2 is 1.95 bits per heavy atom. The summed E-state index contributed by atoms with van der Waals surface area (Å²) in [4.78, 5) is 45.8. The van der Waals surface area contributed by atoms with Crippen LogP contribution in [-0.4, -0.2) is 45.6 Å². The molecule has 0 bridgehead atoms. The number of ether oxygens (including phenoxy) is 1. The Morgan fingerprint density at radius 3 is 2.62 bits per heavy atom. The predicted molar refractivity (Wildman–Crippen MR) is 165 cm³/mol. The lowest BCUT2D eigenvalue weighted by molar-refractivity contribution is -0.386. The van der Waals surface area contributed by atoms with E-state index in [4.69, 9.17) is 9.73 Å². The number of nitro benzene ring substituents is 1. The molecule has 216 valence electrons. The number of allylic oxidation sites excluding steroid dienone is 1. The van der Waals surface area contributed by atoms with E-state index in [2.05, 4.69) is 15.9 Å². The topological polar surface area (TPSA) is 127 Å². The molecule has 10 nitrogen and oxygen atoms in total. The van der Waals surface area contributed by atoms with Crippen LogP contribution >= 0.6 is 27.3 Å². The molecule has 5 rings (SSSR count). The number of carbonyl (C=O) groups excluding carboxylic acids is 1. The van der Waals surface area contributed by atoms with Crippen LogP contribution < -0.4 is 19.6 Å². The number of phenols is 1. The number of fused-ring (bicyclic) bond motifs is 2. The number of nitrogens with zero attached hydrogens (tertiary/aromatic N) is 4. The second kappa shape index (κ2) is 11.5. The molecule has 12 heteroatoms. The van der Waals surface area contributed by atoms with E-state index in [1.54, 1.807) is 18.9 Å². The molecule has 1 atom stereocenters. The summed E-state index contributed by atoms with van der Waals surface area (Å²) in [7, 11) is 1.55. The van der Waals surface area contributed by atoms with Crippen LogP contribution in [0, 0.1) is 10.1 Å². The van der Waals surface area contributed by atoms with Gasteiger partial charge in [-0.3, -0.25) is 24.3 Å². The van der Waals surface area contributed by atoms with Crippen molar-refractivity contribution in [2.45, 2.75) is 26.8 Å². The Kier molecular flexibility index (Phi) is 8.02. The first kappa shape index (κ1) is 29.2. The number of hydrogen-bond acceptors (Lipinski definition) is 8. The first-order valence-corrected chi connectivity index (χ1v) is 14.8. The molecule has 1 amide bonds. The third kappa shape index (κ3) is 4.90.